The first-order valence-electron chi connectivity index (χ1n) is 6.82. The summed E-state index contributed by atoms with van der Waals surface area (Å²) in [5.41, 5.74) is 2.51. The van der Waals surface area contributed by atoms with Crippen LogP contribution in [0.15, 0.2) is 24.3 Å². The molecule has 1 N–H and O–H groups in total. The van der Waals surface area contributed by atoms with Crippen LogP contribution in [-0.4, -0.2) is 17.7 Å². The van der Waals surface area contributed by atoms with Gasteiger partial charge in [-0.05, 0) is 35.3 Å². The van der Waals surface area contributed by atoms with Gasteiger partial charge in [-0.25, -0.2) is 4.79 Å². The number of hydrogen-bond donors (Lipinski definition) is 1. The molecule has 19 heavy (non-hydrogen) atoms. The lowest BCUT2D eigenvalue weighted by Gasteiger charge is -2.21. The maximum Gasteiger partial charge on any atom is 0.329 e. The van der Waals surface area contributed by atoms with Crippen LogP contribution in [0.4, 0.5) is 0 Å². The second-order valence-corrected chi connectivity index (χ2v) is 6.33. The van der Waals surface area contributed by atoms with Gasteiger partial charge >= 0.3 is 5.97 Å². The van der Waals surface area contributed by atoms with E-state index in [1.54, 1.807) is 0 Å². The van der Waals surface area contributed by atoms with E-state index in [-0.39, 0.29) is 18.1 Å². The fraction of sp³-hybridized carbons (Fsp3) is 0.562. The van der Waals surface area contributed by atoms with Gasteiger partial charge in [-0.15, -0.1) is 0 Å². The smallest absolute Gasteiger partial charge is 0.329 e. The summed E-state index contributed by atoms with van der Waals surface area (Å²) in [6.45, 7) is 6.33. The van der Waals surface area contributed by atoms with Gasteiger partial charge in [0.1, 0.15) is 6.61 Å². The summed E-state index contributed by atoms with van der Waals surface area (Å²) in [7, 11) is 0. The Kier molecular flexibility index (Phi) is 3.95. The van der Waals surface area contributed by atoms with Gasteiger partial charge in [-0.1, -0.05) is 45.0 Å². The van der Waals surface area contributed by atoms with Crippen molar-refractivity contribution in [3.63, 3.8) is 0 Å². The molecule has 1 saturated carbocycles. The largest absolute Gasteiger partial charge is 0.480 e. The summed E-state index contributed by atoms with van der Waals surface area (Å²) in [6.07, 6.45) is 2.20. The molecule has 1 aliphatic carbocycles. The van der Waals surface area contributed by atoms with E-state index in [0.717, 1.165) is 18.4 Å². The van der Waals surface area contributed by atoms with Crippen LogP contribution in [0.1, 0.15) is 50.8 Å². The van der Waals surface area contributed by atoms with Crippen LogP contribution in [0.3, 0.4) is 0 Å². The summed E-state index contributed by atoms with van der Waals surface area (Å²) in [4.78, 5) is 10.6. The zero-order chi connectivity index (χ0) is 14.0. The number of carboxylic acid groups (broad SMARTS) is 1. The molecule has 1 aromatic carbocycles. The van der Waals surface area contributed by atoms with Crippen LogP contribution in [-0.2, 0) is 14.9 Å². The number of carboxylic acids is 1. The maximum atomic E-state index is 10.6. The Bertz CT molecular complexity index is 438. The first kappa shape index (κ1) is 14.1. The number of ether oxygens (including phenoxy) is 1. The summed E-state index contributed by atoms with van der Waals surface area (Å²) >= 11 is 0. The molecule has 1 aromatic rings. The van der Waals surface area contributed by atoms with Crippen molar-refractivity contribution in [2.45, 2.75) is 45.1 Å². The number of benzene rings is 1. The van der Waals surface area contributed by atoms with E-state index in [4.69, 9.17) is 9.84 Å². The van der Waals surface area contributed by atoms with Gasteiger partial charge in [0.2, 0.25) is 0 Å². The fourth-order valence-corrected chi connectivity index (χ4v) is 2.24. The van der Waals surface area contributed by atoms with Gasteiger partial charge in [0, 0.05) is 0 Å². The van der Waals surface area contributed by atoms with Gasteiger partial charge in [-0.2, -0.15) is 0 Å². The monoisotopic (exact) mass is 262 g/mol. The summed E-state index contributed by atoms with van der Waals surface area (Å²) < 4.78 is 5.54. The molecule has 0 bridgehead atoms. The van der Waals surface area contributed by atoms with Gasteiger partial charge in [0.05, 0.1) is 6.10 Å². The molecule has 1 atom stereocenters. The predicted molar refractivity (Wildman–Crippen MR) is 74.2 cm³/mol. The van der Waals surface area contributed by atoms with Crippen molar-refractivity contribution in [3.8, 4) is 0 Å². The highest BCUT2D eigenvalue weighted by Gasteiger charge is 2.33. The second kappa shape index (κ2) is 5.33. The van der Waals surface area contributed by atoms with Crippen LogP contribution in [0.2, 0.25) is 0 Å². The van der Waals surface area contributed by atoms with E-state index < -0.39 is 5.97 Å². The van der Waals surface area contributed by atoms with E-state index in [1.165, 1.54) is 5.56 Å². The minimum Gasteiger partial charge on any atom is -0.480 e. The molecule has 1 aliphatic rings. The van der Waals surface area contributed by atoms with Crippen LogP contribution < -0.4 is 0 Å². The molecule has 0 saturated heterocycles. The molecule has 3 nitrogen and oxygen atoms in total. The quantitative estimate of drug-likeness (QED) is 0.883. The van der Waals surface area contributed by atoms with E-state index >= 15 is 0 Å². The molecule has 0 aromatic heterocycles. The van der Waals surface area contributed by atoms with Gasteiger partial charge in [-0.3, -0.25) is 0 Å². The number of aliphatic carboxylic acids is 1. The first-order chi connectivity index (χ1) is 8.88. The van der Waals surface area contributed by atoms with Crippen LogP contribution in [0.5, 0.6) is 0 Å². The Morgan fingerprint density at radius 2 is 1.89 bits per heavy atom. The molecule has 3 heteroatoms. The Morgan fingerprint density at radius 3 is 2.32 bits per heavy atom. The Labute approximate surface area is 114 Å². The third-order valence-corrected chi connectivity index (χ3v) is 3.54. The second-order valence-electron chi connectivity index (χ2n) is 6.33. The zero-order valence-corrected chi connectivity index (χ0v) is 11.8. The number of hydrogen-bond acceptors (Lipinski definition) is 2. The predicted octanol–water partition coefficient (Wildman–Crippen LogP) is 3.54. The molecule has 104 valence electrons. The van der Waals surface area contributed by atoms with Gasteiger partial charge < -0.3 is 9.84 Å². The third-order valence-electron chi connectivity index (χ3n) is 3.54. The maximum absolute atomic E-state index is 10.6. The average molecular weight is 262 g/mol. The highest BCUT2D eigenvalue weighted by atomic mass is 16.5. The molecule has 1 fully saturated rings. The molecule has 0 radical (unpaired) electrons. The van der Waals surface area contributed by atoms with Crippen molar-refractivity contribution in [1.29, 1.82) is 0 Å². The molecule has 0 heterocycles. The van der Waals surface area contributed by atoms with Crippen molar-refractivity contribution in [1.82, 2.24) is 0 Å². The van der Waals surface area contributed by atoms with E-state index in [0.29, 0.717) is 5.92 Å². The molecule has 0 aliphatic heterocycles. The summed E-state index contributed by atoms with van der Waals surface area (Å²) in [6, 6.07) is 8.39. The minimum atomic E-state index is -0.906. The Morgan fingerprint density at radius 1 is 1.32 bits per heavy atom. The zero-order valence-electron chi connectivity index (χ0n) is 11.8. The standard InChI is InChI=1S/C16H22O3/c1-16(2,3)13-8-6-12(7-9-13)15(11-4-5-11)19-10-14(17)18/h6-9,11,15H,4-5,10H2,1-3H3,(H,17,18). The third kappa shape index (κ3) is 3.80. The van der Waals surface area contributed by atoms with Crippen molar-refractivity contribution < 1.29 is 14.6 Å². The van der Waals surface area contributed by atoms with Crippen molar-refractivity contribution in [2.24, 2.45) is 5.92 Å². The number of carbonyl (C=O) groups is 1. The highest BCUT2D eigenvalue weighted by molar-refractivity contribution is 5.68. The van der Waals surface area contributed by atoms with Crippen LogP contribution >= 0.6 is 0 Å². The van der Waals surface area contributed by atoms with E-state index in [9.17, 15) is 4.79 Å². The normalized spacial score (nSPS) is 17.2. The lowest BCUT2D eigenvalue weighted by atomic mass is 9.86. The summed E-state index contributed by atoms with van der Waals surface area (Å²) in [5.74, 6) is -0.420. The topological polar surface area (TPSA) is 46.5 Å². The Balaban J connectivity index is 2.11. The van der Waals surface area contributed by atoms with Crippen molar-refractivity contribution >= 4 is 5.97 Å². The number of rotatable bonds is 5. The molecule has 1 unspecified atom stereocenters. The SMILES string of the molecule is CC(C)(C)c1ccc(C(OCC(=O)O)C2CC2)cc1. The van der Waals surface area contributed by atoms with Crippen molar-refractivity contribution in [3.05, 3.63) is 35.4 Å². The lowest BCUT2D eigenvalue weighted by Crippen LogP contribution is -2.15. The van der Waals surface area contributed by atoms with Crippen LogP contribution in [0.25, 0.3) is 0 Å². The average Bonchev–Trinajstić information content (AvgIpc) is 3.13. The van der Waals surface area contributed by atoms with Gasteiger partial charge in [0.15, 0.2) is 0 Å². The first-order valence-corrected chi connectivity index (χ1v) is 6.82. The molecule has 2 rings (SSSR count). The molecular formula is C16H22O3. The van der Waals surface area contributed by atoms with Gasteiger partial charge in [0.25, 0.3) is 0 Å². The molecular weight excluding hydrogens is 240 g/mol. The fourth-order valence-electron chi connectivity index (χ4n) is 2.24. The minimum absolute atomic E-state index is 0.0647. The lowest BCUT2D eigenvalue weighted by molar-refractivity contribution is -0.145. The van der Waals surface area contributed by atoms with E-state index in [2.05, 4.69) is 45.0 Å². The van der Waals surface area contributed by atoms with Crippen LogP contribution in [0, 0.1) is 5.92 Å². The molecule has 0 spiro atoms. The van der Waals surface area contributed by atoms with E-state index in [1.807, 2.05) is 0 Å². The van der Waals surface area contributed by atoms with Crippen molar-refractivity contribution in [2.75, 3.05) is 6.61 Å². The summed E-state index contributed by atoms with van der Waals surface area (Å²) in [5, 5.41) is 8.74. The molecule has 0 amide bonds. The Hall–Kier alpha value is -1.35. The highest BCUT2D eigenvalue weighted by Crippen LogP contribution is 2.43.